The van der Waals surface area contributed by atoms with Gasteiger partial charge in [-0.3, -0.25) is 4.79 Å². The van der Waals surface area contributed by atoms with E-state index in [1.54, 1.807) is 0 Å². The standard InChI is InChI=1S/C12H25N3O/c1-5-12(2,3)14-11(16)8-13-10-6-7-15(4)9-10/h10,13H,5-9H2,1-4H3,(H,14,16). The predicted molar refractivity (Wildman–Crippen MR) is 66.4 cm³/mol. The van der Waals surface area contributed by atoms with Crippen molar-refractivity contribution in [1.82, 2.24) is 15.5 Å². The summed E-state index contributed by atoms with van der Waals surface area (Å²) in [4.78, 5) is 14.0. The molecule has 1 rings (SSSR count). The molecule has 0 aliphatic carbocycles. The molecule has 1 unspecified atom stereocenters. The lowest BCUT2D eigenvalue weighted by Crippen LogP contribution is -2.48. The number of hydrogen-bond acceptors (Lipinski definition) is 3. The van der Waals surface area contributed by atoms with Crippen molar-refractivity contribution in [2.24, 2.45) is 0 Å². The predicted octanol–water partition coefficient (Wildman–Crippen LogP) is 0.585. The van der Waals surface area contributed by atoms with Gasteiger partial charge in [0.25, 0.3) is 0 Å². The van der Waals surface area contributed by atoms with Crippen LogP contribution in [0.3, 0.4) is 0 Å². The maximum Gasteiger partial charge on any atom is 0.234 e. The molecule has 1 heterocycles. The Balaban J connectivity index is 2.20. The van der Waals surface area contributed by atoms with E-state index in [4.69, 9.17) is 0 Å². The maximum atomic E-state index is 11.7. The molecular formula is C12H25N3O. The van der Waals surface area contributed by atoms with Gasteiger partial charge in [-0.1, -0.05) is 6.92 Å². The Hall–Kier alpha value is -0.610. The van der Waals surface area contributed by atoms with Gasteiger partial charge in [-0.15, -0.1) is 0 Å². The second kappa shape index (κ2) is 5.64. The summed E-state index contributed by atoms with van der Waals surface area (Å²) in [5, 5.41) is 6.33. The van der Waals surface area contributed by atoms with Gasteiger partial charge in [0.15, 0.2) is 0 Å². The van der Waals surface area contributed by atoms with Crippen molar-refractivity contribution in [2.75, 3.05) is 26.7 Å². The van der Waals surface area contributed by atoms with E-state index < -0.39 is 0 Å². The van der Waals surface area contributed by atoms with Crippen LogP contribution in [0.4, 0.5) is 0 Å². The Morgan fingerprint density at radius 1 is 1.50 bits per heavy atom. The van der Waals surface area contributed by atoms with E-state index in [1.165, 1.54) is 0 Å². The summed E-state index contributed by atoms with van der Waals surface area (Å²) in [5.41, 5.74) is -0.0920. The van der Waals surface area contributed by atoms with Crippen molar-refractivity contribution < 1.29 is 4.79 Å². The lowest BCUT2D eigenvalue weighted by atomic mass is 10.0. The zero-order valence-corrected chi connectivity index (χ0v) is 11.0. The zero-order valence-electron chi connectivity index (χ0n) is 11.0. The third-order valence-electron chi connectivity index (χ3n) is 3.30. The molecule has 0 aromatic rings. The van der Waals surface area contributed by atoms with E-state index in [9.17, 15) is 4.79 Å². The Bertz CT molecular complexity index is 240. The Labute approximate surface area is 98.8 Å². The number of nitrogens with one attached hydrogen (secondary N) is 2. The summed E-state index contributed by atoms with van der Waals surface area (Å²) in [6.07, 6.45) is 2.09. The monoisotopic (exact) mass is 227 g/mol. The normalized spacial score (nSPS) is 22.4. The Morgan fingerprint density at radius 3 is 2.69 bits per heavy atom. The van der Waals surface area contributed by atoms with Crippen molar-refractivity contribution >= 4 is 5.91 Å². The highest BCUT2D eigenvalue weighted by atomic mass is 16.2. The van der Waals surface area contributed by atoms with Gasteiger partial charge in [-0.05, 0) is 40.3 Å². The van der Waals surface area contributed by atoms with Crippen LogP contribution in [-0.4, -0.2) is 49.1 Å². The van der Waals surface area contributed by atoms with Crippen LogP contribution in [0.1, 0.15) is 33.6 Å². The fourth-order valence-corrected chi connectivity index (χ4v) is 1.85. The quantitative estimate of drug-likeness (QED) is 0.722. The van der Waals surface area contributed by atoms with Crippen molar-refractivity contribution in [2.45, 2.75) is 45.2 Å². The van der Waals surface area contributed by atoms with E-state index >= 15 is 0 Å². The van der Waals surface area contributed by atoms with E-state index in [0.29, 0.717) is 12.6 Å². The van der Waals surface area contributed by atoms with Crippen LogP contribution in [-0.2, 0) is 4.79 Å². The number of carbonyl (C=O) groups excluding carboxylic acids is 1. The highest BCUT2D eigenvalue weighted by molar-refractivity contribution is 5.78. The van der Waals surface area contributed by atoms with Crippen LogP contribution in [0.25, 0.3) is 0 Å². The molecule has 0 spiro atoms. The molecule has 0 radical (unpaired) electrons. The van der Waals surface area contributed by atoms with Crippen molar-refractivity contribution in [3.05, 3.63) is 0 Å². The molecule has 2 N–H and O–H groups in total. The molecule has 1 atom stereocenters. The minimum Gasteiger partial charge on any atom is -0.350 e. The van der Waals surface area contributed by atoms with Gasteiger partial charge in [-0.2, -0.15) is 0 Å². The molecule has 4 nitrogen and oxygen atoms in total. The van der Waals surface area contributed by atoms with Crippen molar-refractivity contribution in [1.29, 1.82) is 0 Å². The smallest absolute Gasteiger partial charge is 0.234 e. The molecular weight excluding hydrogens is 202 g/mol. The maximum absolute atomic E-state index is 11.7. The number of hydrogen-bond donors (Lipinski definition) is 2. The van der Waals surface area contributed by atoms with Crippen LogP contribution < -0.4 is 10.6 Å². The van der Waals surface area contributed by atoms with E-state index in [2.05, 4.69) is 29.5 Å². The average molecular weight is 227 g/mol. The second-order valence-electron chi connectivity index (χ2n) is 5.41. The Kier molecular flexibility index (Phi) is 4.74. The highest BCUT2D eigenvalue weighted by Crippen LogP contribution is 2.07. The van der Waals surface area contributed by atoms with Crippen LogP contribution in [0.2, 0.25) is 0 Å². The molecule has 1 amide bonds. The van der Waals surface area contributed by atoms with Crippen molar-refractivity contribution in [3.8, 4) is 0 Å². The summed E-state index contributed by atoms with van der Waals surface area (Å²) >= 11 is 0. The van der Waals surface area contributed by atoms with E-state index in [-0.39, 0.29) is 11.4 Å². The number of likely N-dealkylation sites (N-methyl/N-ethyl adjacent to an activating group) is 1. The fourth-order valence-electron chi connectivity index (χ4n) is 1.85. The molecule has 0 bridgehead atoms. The first kappa shape index (κ1) is 13.5. The summed E-state index contributed by atoms with van der Waals surface area (Å²) in [6, 6.07) is 0.473. The molecule has 1 saturated heterocycles. The zero-order chi connectivity index (χ0) is 12.2. The van der Waals surface area contributed by atoms with Crippen LogP contribution in [0.15, 0.2) is 0 Å². The van der Waals surface area contributed by atoms with Gasteiger partial charge in [0, 0.05) is 18.1 Å². The fraction of sp³-hybridized carbons (Fsp3) is 0.917. The summed E-state index contributed by atoms with van der Waals surface area (Å²) in [5.74, 6) is 0.0985. The lowest BCUT2D eigenvalue weighted by molar-refractivity contribution is -0.121. The SMILES string of the molecule is CCC(C)(C)NC(=O)CNC1CCN(C)C1. The summed E-state index contributed by atoms with van der Waals surface area (Å²) < 4.78 is 0. The van der Waals surface area contributed by atoms with Gasteiger partial charge in [-0.25, -0.2) is 0 Å². The highest BCUT2D eigenvalue weighted by Gasteiger charge is 2.21. The third-order valence-corrected chi connectivity index (χ3v) is 3.30. The van der Waals surface area contributed by atoms with E-state index in [1.807, 2.05) is 13.8 Å². The molecule has 4 heteroatoms. The van der Waals surface area contributed by atoms with Crippen molar-refractivity contribution in [3.63, 3.8) is 0 Å². The first-order valence-electron chi connectivity index (χ1n) is 6.16. The average Bonchev–Trinajstić information content (AvgIpc) is 2.61. The minimum atomic E-state index is -0.0920. The molecule has 0 aromatic carbocycles. The summed E-state index contributed by atoms with van der Waals surface area (Å²) in [7, 11) is 2.11. The Morgan fingerprint density at radius 2 is 2.19 bits per heavy atom. The molecule has 16 heavy (non-hydrogen) atoms. The van der Waals surface area contributed by atoms with Gasteiger partial charge in [0.1, 0.15) is 0 Å². The second-order valence-corrected chi connectivity index (χ2v) is 5.41. The topological polar surface area (TPSA) is 44.4 Å². The summed E-state index contributed by atoms with van der Waals surface area (Å²) in [6.45, 7) is 8.79. The van der Waals surface area contributed by atoms with Gasteiger partial charge < -0.3 is 15.5 Å². The van der Waals surface area contributed by atoms with Gasteiger partial charge in [0.05, 0.1) is 6.54 Å². The molecule has 1 aliphatic heterocycles. The van der Waals surface area contributed by atoms with Gasteiger partial charge >= 0.3 is 0 Å². The molecule has 0 aromatic heterocycles. The van der Waals surface area contributed by atoms with Gasteiger partial charge in [0.2, 0.25) is 5.91 Å². The minimum absolute atomic E-state index is 0.0920. The number of rotatable bonds is 5. The molecule has 94 valence electrons. The third kappa shape index (κ3) is 4.49. The number of amides is 1. The van der Waals surface area contributed by atoms with Crippen LogP contribution in [0, 0.1) is 0 Å². The largest absolute Gasteiger partial charge is 0.350 e. The van der Waals surface area contributed by atoms with Crippen LogP contribution in [0.5, 0.6) is 0 Å². The first-order chi connectivity index (χ1) is 7.43. The molecule has 0 saturated carbocycles. The first-order valence-corrected chi connectivity index (χ1v) is 6.16. The molecule has 1 fully saturated rings. The molecule has 1 aliphatic rings. The number of carbonyl (C=O) groups is 1. The van der Waals surface area contributed by atoms with Crippen LogP contribution >= 0.6 is 0 Å². The number of likely N-dealkylation sites (tertiary alicyclic amines) is 1. The lowest BCUT2D eigenvalue weighted by Gasteiger charge is -2.25. The van der Waals surface area contributed by atoms with E-state index in [0.717, 1.165) is 25.9 Å². The number of nitrogens with zero attached hydrogens (tertiary/aromatic N) is 1.